The maximum absolute atomic E-state index is 14.3. The SMILES string of the molecule is Cc1cccc2nc([C@@H](NC(=O)OC(C)(C)C)C3CC3)n(-c3cc(F)cc(C#N)c3)c(=O)c12. The van der Waals surface area contributed by atoms with Gasteiger partial charge in [0, 0.05) is 0 Å². The lowest BCUT2D eigenvalue weighted by Gasteiger charge is -2.25. The summed E-state index contributed by atoms with van der Waals surface area (Å²) in [5.74, 6) is -0.308. The van der Waals surface area contributed by atoms with Crippen molar-refractivity contribution in [3.8, 4) is 11.8 Å². The molecule has 7 nitrogen and oxygen atoms in total. The Morgan fingerprint density at radius 2 is 2.03 bits per heavy atom. The molecule has 0 unspecified atom stereocenters. The minimum atomic E-state index is -0.698. The molecule has 8 heteroatoms. The van der Waals surface area contributed by atoms with Crippen molar-refractivity contribution in [3.05, 3.63) is 69.5 Å². The number of carbonyl (C=O) groups is 1. The molecule has 2 aromatic carbocycles. The van der Waals surface area contributed by atoms with Crippen molar-refractivity contribution >= 4 is 17.0 Å². The van der Waals surface area contributed by atoms with Gasteiger partial charge >= 0.3 is 6.09 Å². The number of nitriles is 1. The standard InChI is InChI=1S/C25H25FN4O3/c1-14-6-5-7-19-20(14)23(31)30(18-11-15(13-27)10-17(26)12-18)22(28-19)21(16-8-9-16)29-24(32)33-25(2,3)4/h5-7,10-12,16,21H,8-9H2,1-4H3,(H,29,32)/t21-/m0/s1. The smallest absolute Gasteiger partial charge is 0.408 e. The second-order valence-corrected chi connectivity index (χ2v) is 9.35. The Labute approximate surface area is 190 Å². The number of hydrogen-bond acceptors (Lipinski definition) is 5. The van der Waals surface area contributed by atoms with E-state index < -0.39 is 23.6 Å². The molecule has 0 bridgehead atoms. The Kier molecular flexibility index (Phi) is 5.66. The highest BCUT2D eigenvalue weighted by Gasteiger charge is 2.38. The van der Waals surface area contributed by atoms with Gasteiger partial charge in [-0.3, -0.25) is 9.36 Å². The van der Waals surface area contributed by atoms with E-state index in [1.807, 2.05) is 12.1 Å². The van der Waals surface area contributed by atoms with Gasteiger partial charge in [-0.15, -0.1) is 0 Å². The average molecular weight is 448 g/mol. The van der Waals surface area contributed by atoms with Crippen LogP contribution in [0.15, 0.2) is 41.2 Å². The minimum Gasteiger partial charge on any atom is -0.444 e. The predicted octanol–water partition coefficient (Wildman–Crippen LogP) is 4.68. The van der Waals surface area contributed by atoms with Crippen LogP contribution < -0.4 is 10.9 Å². The lowest BCUT2D eigenvalue weighted by molar-refractivity contribution is 0.0493. The zero-order valence-corrected chi connectivity index (χ0v) is 19.0. The van der Waals surface area contributed by atoms with Gasteiger partial charge in [0.05, 0.1) is 34.3 Å². The highest BCUT2D eigenvalue weighted by Crippen LogP contribution is 2.41. The third-order valence-corrected chi connectivity index (χ3v) is 5.45. The van der Waals surface area contributed by atoms with Gasteiger partial charge in [-0.1, -0.05) is 12.1 Å². The fourth-order valence-corrected chi connectivity index (χ4v) is 3.90. The Hall–Kier alpha value is -3.73. The van der Waals surface area contributed by atoms with E-state index in [4.69, 9.17) is 9.72 Å². The van der Waals surface area contributed by atoms with Crippen LogP contribution in [-0.2, 0) is 4.74 Å². The lowest BCUT2D eigenvalue weighted by Crippen LogP contribution is -2.39. The third-order valence-electron chi connectivity index (χ3n) is 5.45. The summed E-state index contributed by atoms with van der Waals surface area (Å²) in [7, 11) is 0. The van der Waals surface area contributed by atoms with Crippen LogP contribution in [-0.4, -0.2) is 21.2 Å². The van der Waals surface area contributed by atoms with E-state index in [-0.39, 0.29) is 28.6 Å². The molecule has 1 aliphatic rings. The van der Waals surface area contributed by atoms with E-state index in [1.165, 1.54) is 16.7 Å². The van der Waals surface area contributed by atoms with Crippen molar-refractivity contribution in [2.75, 3.05) is 0 Å². The fourth-order valence-electron chi connectivity index (χ4n) is 3.90. The number of alkyl carbamates (subject to hydrolysis) is 1. The first kappa shape index (κ1) is 22.5. The molecule has 1 heterocycles. The van der Waals surface area contributed by atoms with Crippen molar-refractivity contribution < 1.29 is 13.9 Å². The topological polar surface area (TPSA) is 97.0 Å². The van der Waals surface area contributed by atoms with Crippen LogP contribution in [0, 0.1) is 30.0 Å². The molecule has 170 valence electrons. The summed E-state index contributed by atoms with van der Waals surface area (Å²) in [6, 6.07) is 10.4. The molecular formula is C25H25FN4O3. The Balaban J connectivity index is 1.96. The summed E-state index contributed by atoms with van der Waals surface area (Å²) in [5.41, 5.74) is 0.386. The number of hydrogen-bond donors (Lipinski definition) is 1. The summed E-state index contributed by atoms with van der Waals surface area (Å²) < 4.78 is 21.1. The van der Waals surface area contributed by atoms with E-state index in [0.29, 0.717) is 10.9 Å². The van der Waals surface area contributed by atoms with Gasteiger partial charge in [0.1, 0.15) is 17.2 Å². The molecule has 1 amide bonds. The molecule has 3 aromatic rings. The normalized spacial score (nSPS) is 14.5. The van der Waals surface area contributed by atoms with Gasteiger partial charge in [-0.2, -0.15) is 5.26 Å². The Morgan fingerprint density at radius 1 is 1.30 bits per heavy atom. The zero-order valence-electron chi connectivity index (χ0n) is 19.0. The van der Waals surface area contributed by atoms with Gasteiger partial charge in [-0.25, -0.2) is 14.2 Å². The van der Waals surface area contributed by atoms with E-state index in [1.54, 1.807) is 39.8 Å². The van der Waals surface area contributed by atoms with Crippen molar-refractivity contribution in [2.24, 2.45) is 5.92 Å². The molecule has 1 fully saturated rings. The summed E-state index contributed by atoms with van der Waals surface area (Å²) in [5, 5.41) is 12.6. The molecule has 0 saturated heterocycles. The number of aryl methyl sites for hydroxylation is 1. The van der Waals surface area contributed by atoms with Crippen molar-refractivity contribution in [2.45, 2.75) is 52.2 Å². The zero-order chi connectivity index (χ0) is 23.9. The van der Waals surface area contributed by atoms with Crippen LogP contribution in [0.25, 0.3) is 16.6 Å². The summed E-state index contributed by atoms with van der Waals surface area (Å²) in [6.45, 7) is 7.10. The lowest BCUT2D eigenvalue weighted by atomic mass is 10.1. The number of amides is 1. The monoisotopic (exact) mass is 448 g/mol. The molecule has 1 saturated carbocycles. The maximum Gasteiger partial charge on any atom is 0.408 e. The number of benzene rings is 2. The van der Waals surface area contributed by atoms with Crippen molar-refractivity contribution in [1.82, 2.24) is 14.9 Å². The van der Waals surface area contributed by atoms with Crippen LogP contribution in [0.5, 0.6) is 0 Å². The van der Waals surface area contributed by atoms with Gasteiger partial charge in [-0.05, 0) is 76.3 Å². The second kappa shape index (κ2) is 8.32. The number of fused-ring (bicyclic) bond motifs is 1. The predicted molar refractivity (Wildman–Crippen MR) is 122 cm³/mol. The maximum atomic E-state index is 14.3. The Bertz CT molecular complexity index is 1350. The Morgan fingerprint density at radius 3 is 2.67 bits per heavy atom. The highest BCUT2D eigenvalue weighted by atomic mass is 19.1. The quantitative estimate of drug-likeness (QED) is 0.625. The minimum absolute atomic E-state index is 0.0573. The number of aromatic nitrogens is 2. The van der Waals surface area contributed by atoms with Gasteiger partial charge in [0.2, 0.25) is 0 Å². The van der Waals surface area contributed by atoms with Gasteiger partial charge in [0.15, 0.2) is 0 Å². The molecule has 0 radical (unpaired) electrons. The van der Waals surface area contributed by atoms with Crippen molar-refractivity contribution in [3.63, 3.8) is 0 Å². The molecule has 0 aliphatic heterocycles. The molecule has 1 aromatic heterocycles. The van der Waals surface area contributed by atoms with Crippen LogP contribution in [0.2, 0.25) is 0 Å². The molecule has 1 aliphatic carbocycles. The number of nitrogens with one attached hydrogen (secondary N) is 1. The van der Waals surface area contributed by atoms with Gasteiger partial charge < -0.3 is 10.1 Å². The number of carbonyl (C=O) groups excluding carboxylic acids is 1. The van der Waals surface area contributed by atoms with E-state index in [2.05, 4.69) is 5.32 Å². The van der Waals surface area contributed by atoms with E-state index in [0.717, 1.165) is 24.5 Å². The highest BCUT2D eigenvalue weighted by molar-refractivity contribution is 5.81. The molecule has 33 heavy (non-hydrogen) atoms. The molecule has 4 rings (SSSR count). The largest absolute Gasteiger partial charge is 0.444 e. The number of halogens is 1. The first-order chi connectivity index (χ1) is 15.6. The van der Waals surface area contributed by atoms with Gasteiger partial charge in [0.25, 0.3) is 5.56 Å². The van der Waals surface area contributed by atoms with E-state index in [9.17, 15) is 19.2 Å². The van der Waals surface area contributed by atoms with Crippen molar-refractivity contribution in [1.29, 1.82) is 5.26 Å². The summed E-state index contributed by atoms with van der Waals surface area (Å²) in [4.78, 5) is 31.1. The molecule has 1 N–H and O–H groups in total. The second-order valence-electron chi connectivity index (χ2n) is 9.35. The first-order valence-corrected chi connectivity index (χ1v) is 10.8. The van der Waals surface area contributed by atoms with Crippen LogP contribution in [0.3, 0.4) is 0 Å². The van der Waals surface area contributed by atoms with Crippen LogP contribution in [0.1, 0.15) is 56.6 Å². The number of nitrogens with zero attached hydrogens (tertiary/aromatic N) is 3. The third kappa shape index (κ3) is 4.72. The first-order valence-electron chi connectivity index (χ1n) is 10.8. The van der Waals surface area contributed by atoms with E-state index >= 15 is 0 Å². The number of ether oxygens (including phenoxy) is 1. The molecular weight excluding hydrogens is 423 g/mol. The molecule has 1 atom stereocenters. The molecule has 0 spiro atoms. The average Bonchev–Trinajstić information content (AvgIpc) is 3.55. The van der Waals surface area contributed by atoms with Crippen LogP contribution in [0.4, 0.5) is 9.18 Å². The summed E-state index contributed by atoms with van der Waals surface area (Å²) in [6.07, 6.45) is 1.06. The number of rotatable bonds is 4. The van der Waals surface area contributed by atoms with Crippen LogP contribution >= 0.6 is 0 Å². The fraction of sp³-hybridized carbons (Fsp3) is 0.360. The summed E-state index contributed by atoms with van der Waals surface area (Å²) >= 11 is 0.